The number of rotatable bonds is 4. The van der Waals surface area contributed by atoms with Crippen LogP contribution in [0.15, 0.2) is 48.8 Å². The number of piperidine rings is 1. The molecule has 1 aliphatic rings. The van der Waals surface area contributed by atoms with Gasteiger partial charge in [-0.25, -0.2) is 9.97 Å². The Morgan fingerprint density at radius 1 is 0.962 bits per heavy atom. The maximum Gasteiger partial charge on any atom is 0.225 e. The molecule has 134 valence electrons. The second-order valence-electron chi connectivity index (χ2n) is 6.87. The third-order valence-corrected chi connectivity index (χ3v) is 5.26. The molecule has 0 saturated carbocycles. The van der Waals surface area contributed by atoms with Crippen LogP contribution in [0, 0.1) is 6.92 Å². The standard InChI is InChI=1S/C20H24N6/c1-15(17-7-4-3-5-8-17)26-16(2)23-24-19(26)18-9-13-25(14-10-18)20-21-11-6-12-22-20/h3-8,11-12,15,18H,9-10,13-14H2,1-2H3/t15-/m0/s1. The monoisotopic (exact) mass is 348 g/mol. The molecule has 1 saturated heterocycles. The summed E-state index contributed by atoms with van der Waals surface area (Å²) in [5, 5.41) is 8.94. The highest BCUT2D eigenvalue weighted by molar-refractivity contribution is 5.30. The van der Waals surface area contributed by atoms with Gasteiger partial charge in [0.15, 0.2) is 0 Å². The molecule has 6 nitrogen and oxygen atoms in total. The predicted octanol–water partition coefficient (Wildman–Crippen LogP) is 3.37. The molecule has 1 fully saturated rings. The van der Waals surface area contributed by atoms with Crippen LogP contribution in [0.4, 0.5) is 5.95 Å². The third kappa shape index (κ3) is 3.19. The van der Waals surface area contributed by atoms with E-state index in [0.29, 0.717) is 5.92 Å². The van der Waals surface area contributed by atoms with E-state index >= 15 is 0 Å². The molecular formula is C20H24N6. The molecule has 1 atom stereocenters. The minimum absolute atomic E-state index is 0.233. The molecule has 6 heteroatoms. The maximum atomic E-state index is 4.55. The van der Waals surface area contributed by atoms with Gasteiger partial charge in [0.05, 0.1) is 6.04 Å². The van der Waals surface area contributed by atoms with E-state index in [1.165, 1.54) is 5.56 Å². The molecule has 3 aromatic rings. The van der Waals surface area contributed by atoms with Gasteiger partial charge >= 0.3 is 0 Å². The Morgan fingerprint density at radius 2 is 1.65 bits per heavy atom. The number of aromatic nitrogens is 5. The van der Waals surface area contributed by atoms with E-state index in [1.807, 2.05) is 13.0 Å². The van der Waals surface area contributed by atoms with Gasteiger partial charge in [0.1, 0.15) is 11.6 Å². The summed E-state index contributed by atoms with van der Waals surface area (Å²) in [6.45, 7) is 6.16. The second-order valence-corrected chi connectivity index (χ2v) is 6.87. The number of anilines is 1. The van der Waals surface area contributed by atoms with E-state index in [-0.39, 0.29) is 6.04 Å². The zero-order valence-corrected chi connectivity index (χ0v) is 15.3. The number of aryl methyl sites for hydroxylation is 1. The average Bonchev–Trinajstić information content (AvgIpc) is 3.10. The lowest BCUT2D eigenvalue weighted by Crippen LogP contribution is -2.35. The lowest BCUT2D eigenvalue weighted by Gasteiger charge is -2.32. The summed E-state index contributed by atoms with van der Waals surface area (Å²) in [7, 11) is 0. The highest BCUT2D eigenvalue weighted by Gasteiger charge is 2.28. The van der Waals surface area contributed by atoms with E-state index in [0.717, 1.165) is 43.5 Å². The number of hydrogen-bond acceptors (Lipinski definition) is 5. The Kier molecular flexibility index (Phi) is 4.65. The SMILES string of the molecule is Cc1nnc(C2CCN(c3ncccn3)CC2)n1[C@@H](C)c1ccccc1. The Bertz CT molecular complexity index is 837. The summed E-state index contributed by atoms with van der Waals surface area (Å²) < 4.78 is 2.30. The molecule has 3 heterocycles. The topological polar surface area (TPSA) is 59.7 Å². The molecule has 4 rings (SSSR count). The number of hydrogen-bond donors (Lipinski definition) is 0. The van der Waals surface area contributed by atoms with Gasteiger partial charge in [-0.1, -0.05) is 30.3 Å². The fraction of sp³-hybridized carbons (Fsp3) is 0.400. The molecular weight excluding hydrogens is 324 g/mol. The van der Waals surface area contributed by atoms with Crippen molar-refractivity contribution in [2.75, 3.05) is 18.0 Å². The third-order valence-electron chi connectivity index (χ3n) is 5.26. The molecule has 0 aliphatic carbocycles. The average molecular weight is 348 g/mol. The molecule has 2 aromatic heterocycles. The Balaban J connectivity index is 1.53. The number of benzene rings is 1. The summed E-state index contributed by atoms with van der Waals surface area (Å²) in [6, 6.07) is 12.7. The molecule has 26 heavy (non-hydrogen) atoms. The number of nitrogens with zero attached hydrogens (tertiary/aromatic N) is 6. The van der Waals surface area contributed by atoms with Crippen LogP contribution in [0.25, 0.3) is 0 Å². The quantitative estimate of drug-likeness (QED) is 0.723. The first kappa shape index (κ1) is 16.7. The van der Waals surface area contributed by atoms with E-state index in [2.05, 4.69) is 66.9 Å². The first-order chi connectivity index (χ1) is 12.7. The van der Waals surface area contributed by atoms with Gasteiger partial charge in [-0.2, -0.15) is 0 Å². The largest absolute Gasteiger partial charge is 0.341 e. The Hall–Kier alpha value is -2.76. The maximum absolute atomic E-state index is 4.55. The fourth-order valence-corrected chi connectivity index (χ4v) is 3.82. The van der Waals surface area contributed by atoms with Gasteiger partial charge in [0.25, 0.3) is 0 Å². The van der Waals surface area contributed by atoms with E-state index in [9.17, 15) is 0 Å². The molecule has 1 aliphatic heterocycles. The fourth-order valence-electron chi connectivity index (χ4n) is 3.82. The smallest absolute Gasteiger partial charge is 0.225 e. The van der Waals surface area contributed by atoms with Crippen LogP contribution >= 0.6 is 0 Å². The lowest BCUT2D eigenvalue weighted by molar-refractivity contribution is 0.450. The zero-order chi connectivity index (χ0) is 17.9. The molecule has 0 amide bonds. The predicted molar refractivity (Wildman–Crippen MR) is 101 cm³/mol. The van der Waals surface area contributed by atoms with Crippen molar-refractivity contribution >= 4 is 5.95 Å². The van der Waals surface area contributed by atoms with Crippen LogP contribution in [0.1, 0.15) is 48.9 Å². The van der Waals surface area contributed by atoms with Crippen LogP contribution < -0.4 is 4.90 Å². The van der Waals surface area contributed by atoms with Gasteiger partial charge in [-0.3, -0.25) is 0 Å². The van der Waals surface area contributed by atoms with Crippen molar-refractivity contribution in [3.8, 4) is 0 Å². The summed E-state index contributed by atoms with van der Waals surface area (Å²) in [5.41, 5.74) is 1.28. The van der Waals surface area contributed by atoms with Crippen molar-refractivity contribution in [2.24, 2.45) is 0 Å². The van der Waals surface area contributed by atoms with Crippen molar-refractivity contribution in [1.29, 1.82) is 0 Å². The van der Waals surface area contributed by atoms with E-state index in [1.54, 1.807) is 12.4 Å². The summed E-state index contributed by atoms with van der Waals surface area (Å²) >= 11 is 0. The van der Waals surface area contributed by atoms with Crippen LogP contribution in [0.3, 0.4) is 0 Å². The minimum atomic E-state index is 0.233. The van der Waals surface area contributed by atoms with Crippen molar-refractivity contribution in [2.45, 2.75) is 38.6 Å². The summed E-state index contributed by atoms with van der Waals surface area (Å²) in [4.78, 5) is 11.0. The molecule has 1 aromatic carbocycles. The Labute approximate surface area is 153 Å². The molecule has 0 radical (unpaired) electrons. The van der Waals surface area contributed by atoms with Crippen molar-refractivity contribution in [3.63, 3.8) is 0 Å². The zero-order valence-electron chi connectivity index (χ0n) is 15.3. The normalized spacial score (nSPS) is 16.6. The van der Waals surface area contributed by atoms with E-state index in [4.69, 9.17) is 0 Å². The molecule has 0 N–H and O–H groups in total. The van der Waals surface area contributed by atoms with E-state index < -0.39 is 0 Å². The second kappa shape index (κ2) is 7.23. The van der Waals surface area contributed by atoms with Crippen LogP contribution in [0.5, 0.6) is 0 Å². The van der Waals surface area contributed by atoms with Crippen LogP contribution in [0.2, 0.25) is 0 Å². The summed E-state index contributed by atoms with van der Waals surface area (Å²) in [6.07, 6.45) is 5.68. The van der Waals surface area contributed by atoms with Crippen LogP contribution in [-0.4, -0.2) is 37.8 Å². The lowest BCUT2D eigenvalue weighted by atomic mass is 9.95. The highest BCUT2D eigenvalue weighted by Crippen LogP contribution is 2.31. The van der Waals surface area contributed by atoms with Crippen molar-refractivity contribution < 1.29 is 0 Å². The van der Waals surface area contributed by atoms with Crippen molar-refractivity contribution in [1.82, 2.24) is 24.7 Å². The highest BCUT2D eigenvalue weighted by atomic mass is 15.3. The summed E-state index contributed by atoms with van der Waals surface area (Å²) in [5.74, 6) is 3.32. The molecule has 0 bridgehead atoms. The first-order valence-electron chi connectivity index (χ1n) is 9.22. The van der Waals surface area contributed by atoms with Gasteiger partial charge in [-0.05, 0) is 38.3 Å². The Morgan fingerprint density at radius 3 is 2.35 bits per heavy atom. The van der Waals surface area contributed by atoms with Gasteiger partial charge in [0, 0.05) is 31.4 Å². The molecule has 0 unspecified atom stereocenters. The molecule has 0 spiro atoms. The van der Waals surface area contributed by atoms with Crippen molar-refractivity contribution in [3.05, 3.63) is 66.0 Å². The van der Waals surface area contributed by atoms with Gasteiger partial charge in [0.2, 0.25) is 5.95 Å². The van der Waals surface area contributed by atoms with Gasteiger partial charge < -0.3 is 9.47 Å². The van der Waals surface area contributed by atoms with Gasteiger partial charge in [-0.15, -0.1) is 10.2 Å². The van der Waals surface area contributed by atoms with Crippen LogP contribution in [-0.2, 0) is 0 Å². The first-order valence-corrected chi connectivity index (χ1v) is 9.22. The minimum Gasteiger partial charge on any atom is -0.341 e.